The minimum atomic E-state index is -1.07. The van der Waals surface area contributed by atoms with Gasteiger partial charge in [-0.2, -0.15) is 0 Å². The number of aliphatic carboxylic acids is 1. The van der Waals surface area contributed by atoms with E-state index in [9.17, 15) is 9.18 Å². The maximum atomic E-state index is 12.8. The van der Waals surface area contributed by atoms with Crippen LogP contribution < -0.4 is 0 Å². The van der Waals surface area contributed by atoms with E-state index in [4.69, 9.17) is 14.3 Å². The lowest BCUT2D eigenvalue weighted by Crippen LogP contribution is -2.06. The summed E-state index contributed by atoms with van der Waals surface area (Å²) in [6.07, 6.45) is 0. The summed E-state index contributed by atoms with van der Waals surface area (Å²) in [7, 11) is 0. The zero-order valence-electron chi connectivity index (χ0n) is 8.14. The first kappa shape index (κ1) is 10.6. The number of carbonyl (C=O) groups is 1. The predicted molar refractivity (Wildman–Crippen MR) is 51.3 cm³/mol. The Kier molecular flexibility index (Phi) is 2.82. The highest BCUT2D eigenvalue weighted by Gasteiger charge is 2.07. The third kappa shape index (κ3) is 2.34. The molecule has 0 aliphatic heterocycles. The highest BCUT2D eigenvalue weighted by molar-refractivity contribution is 5.72. The Balaban J connectivity index is 2.10. The number of hydrogen-bond donors (Lipinski definition) is 1. The van der Waals surface area contributed by atoms with E-state index in [0.717, 1.165) is 0 Å². The fourth-order valence-corrected chi connectivity index (χ4v) is 1.24. The van der Waals surface area contributed by atoms with Crippen molar-refractivity contribution in [3.8, 4) is 0 Å². The maximum absolute atomic E-state index is 12.8. The fourth-order valence-electron chi connectivity index (χ4n) is 1.24. The Morgan fingerprint density at radius 1 is 1.56 bits per heavy atom. The van der Waals surface area contributed by atoms with Crippen molar-refractivity contribution >= 4 is 17.1 Å². The predicted octanol–water partition coefficient (Wildman–Crippen LogP) is 1.57. The molecule has 0 atom stereocenters. The Labute approximate surface area is 89.5 Å². The van der Waals surface area contributed by atoms with Gasteiger partial charge in [0.1, 0.15) is 24.5 Å². The van der Waals surface area contributed by atoms with Crippen molar-refractivity contribution in [2.45, 2.75) is 6.61 Å². The summed E-state index contributed by atoms with van der Waals surface area (Å²) in [6.45, 7) is -0.477. The summed E-state index contributed by atoms with van der Waals surface area (Å²) in [5.74, 6) is -1.25. The molecule has 84 valence electrons. The first-order chi connectivity index (χ1) is 7.65. The molecular weight excluding hydrogens is 217 g/mol. The quantitative estimate of drug-likeness (QED) is 0.854. The lowest BCUT2D eigenvalue weighted by Gasteiger charge is -1.94. The minimum absolute atomic E-state index is 0.0530. The van der Waals surface area contributed by atoms with Crippen molar-refractivity contribution in [3.05, 3.63) is 29.9 Å². The second-order valence-corrected chi connectivity index (χ2v) is 3.11. The lowest BCUT2D eigenvalue weighted by molar-refractivity contribution is -0.142. The zero-order valence-corrected chi connectivity index (χ0v) is 8.14. The Hall–Kier alpha value is -1.95. The van der Waals surface area contributed by atoms with Crippen LogP contribution in [0.3, 0.4) is 0 Å². The molecule has 0 aliphatic carbocycles. The molecule has 0 aliphatic rings. The van der Waals surface area contributed by atoms with Crippen LogP contribution >= 0.6 is 0 Å². The summed E-state index contributed by atoms with van der Waals surface area (Å²) in [5.41, 5.74) is 0.823. The van der Waals surface area contributed by atoms with Crippen LogP contribution in [0.25, 0.3) is 11.1 Å². The van der Waals surface area contributed by atoms with Gasteiger partial charge >= 0.3 is 5.97 Å². The van der Waals surface area contributed by atoms with Crippen molar-refractivity contribution in [3.63, 3.8) is 0 Å². The van der Waals surface area contributed by atoms with Crippen LogP contribution in [0.1, 0.15) is 5.89 Å². The topological polar surface area (TPSA) is 72.6 Å². The van der Waals surface area contributed by atoms with Crippen LogP contribution in [-0.4, -0.2) is 22.7 Å². The van der Waals surface area contributed by atoms with E-state index in [1.165, 1.54) is 18.2 Å². The molecule has 2 rings (SSSR count). The molecule has 5 nitrogen and oxygen atoms in total. The summed E-state index contributed by atoms with van der Waals surface area (Å²) < 4.78 is 22.8. The SMILES string of the molecule is O=C(O)COCc1nc2cc(F)ccc2o1. The summed E-state index contributed by atoms with van der Waals surface area (Å²) in [4.78, 5) is 14.1. The van der Waals surface area contributed by atoms with Gasteiger partial charge in [0.15, 0.2) is 5.58 Å². The number of hydrogen-bond acceptors (Lipinski definition) is 4. The van der Waals surface area contributed by atoms with Crippen LogP contribution in [0, 0.1) is 5.82 Å². The number of oxazole rings is 1. The number of nitrogens with zero attached hydrogens (tertiary/aromatic N) is 1. The van der Waals surface area contributed by atoms with E-state index in [1.807, 2.05) is 0 Å². The van der Waals surface area contributed by atoms with E-state index in [1.54, 1.807) is 0 Å². The molecule has 0 unspecified atom stereocenters. The highest BCUT2D eigenvalue weighted by Crippen LogP contribution is 2.16. The molecule has 0 radical (unpaired) electrons. The van der Waals surface area contributed by atoms with E-state index in [-0.39, 0.29) is 12.5 Å². The van der Waals surface area contributed by atoms with Gasteiger partial charge in [0.25, 0.3) is 0 Å². The van der Waals surface area contributed by atoms with E-state index in [0.29, 0.717) is 11.1 Å². The molecular formula is C10H8FNO4. The monoisotopic (exact) mass is 225 g/mol. The molecule has 0 saturated carbocycles. The Bertz CT molecular complexity index is 523. The second kappa shape index (κ2) is 4.28. The average Bonchev–Trinajstić information content (AvgIpc) is 2.58. The van der Waals surface area contributed by atoms with Gasteiger partial charge in [-0.1, -0.05) is 0 Å². The van der Waals surface area contributed by atoms with Crippen molar-refractivity contribution < 1.29 is 23.4 Å². The summed E-state index contributed by atoms with van der Waals surface area (Å²) in [6, 6.07) is 3.95. The average molecular weight is 225 g/mol. The number of aromatic nitrogens is 1. The number of benzene rings is 1. The number of fused-ring (bicyclic) bond motifs is 1. The minimum Gasteiger partial charge on any atom is -0.480 e. The van der Waals surface area contributed by atoms with Crippen molar-refractivity contribution in [2.75, 3.05) is 6.61 Å². The molecule has 0 fully saturated rings. The maximum Gasteiger partial charge on any atom is 0.329 e. The summed E-state index contributed by atoms with van der Waals surface area (Å²) in [5, 5.41) is 8.34. The number of carboxylic acid groups (broad SMARTS) is 1. The number of carboxylic acids is 1. The van der Waals surface area contributed by atoms with Crippen LogP contribution in [-0.2, 0) is 16.1 Å². The number of halogens is 1. The molecule has 0 bridgehead atoms. The molecule has 16 heavy (non-hydrogen) atoms. The normalized spacial score (nSPS) is 10.8. The van der Waals surface area contributed by atoms with Gasteiger partial charge in [0.05, 0.1) is 0 Å². The standard InChI is InChI=1S/C10H8FNO4/c11-6-1-2-8-7(3-6)12-9(16-8)4-15-5-10(13)14/h1-3H,4-5H2,(H,13,14). The van der Waals surface area contributed by atoms with Gasteiger partial charge in [-0.05, 0) is 12.1 Å². The second-order valence-electron chi connectivity index (χ2n) is 3.11. The number of rotatable bonds is 4. The Morgan fingerprint density at radius 2 is 2.38 bits per heavy atom. The molecule has 0 saturated heterocycles. The molecule has 1 heterocycles. The molecule has 1 aromatic carbocycles. The van der Waals surface area contributed by atoms with Crippen LogP contribution in [0.5, 0.6) is 0 Å². The van der Waals surface area contributed by atoms with E-state index >= 15 is 0 Å². The third-order valence-electron chi connectivity index (χ3n) is 1.84. The van der Waals surface area contributed by atoms with Crippen LogP contribution in [0.4, 0.5) is 4.39 Å². The smallest absolute Gasteiger partial charge is 0.329 e. The third-order valence-corrected chi connectivity index (χ3v) is 1.84. The zero-order chi connectivity index (χ0) is 11.5. The molecule has 2 aromatic rings. The van der Waals surface area contributed by atoms with Crippen LogP contribution in [0.15, 0.2) is 22.6 Å². The van der Waals surface area contributed by atoms with Gasteiger partial charge in [-0.15, -0.1) is 0 Å². The van der Waals surface area contributed by atoms with Crippen LogP contribution in [0.2, 0.25) is 0 Å². The first-order valence-electron chi connectivity index (χ1n) is 4.49. The van der Waals surface area contributed by atoms with Crippen molar-refractivity contribution in [1.29, 1.82) is 0 Å². The fraction of sp³-hybridized carbons (Fsp3) is 0.200. The molecule has 6 heteroatoms. The molecule has 1 N–H and O–H groups in total. The Morgan fingerprint density at radius 3 is 3.12 bits per heavy atom. The van der Waals surface area contributed by atoms with Gasteiger partial charge in [0.2, 0.25) is 5.89 Å². The highest BCUT2D eigenvalue weighted by atomic mass is 19.1. The largest absolute Gasteiger partial charge is 0.480 e. The first-order valence-corrected chi connectivity index (χ1v) is 4.49. The van der Waals surface area contributed by atoms with Crippen molar-refractivity contribution in [1.82, 2.24) is 4.98 Å². The lowest BCUT2D eigenvalue weighted by atomic mass is 10.3. The van der Waals surface area contributed by atoms with Gasteiger partial charge in [0, 0.05) is 6.07 Å². The van der Waals surface area contributed by atoms with Gasteiger partial charge in [-0.25, -0.2) is 14.2 Å². The molecule has 0 spiro atoms. The van der Waals surface area contributed by atoms with E-state index in [2.05, 4.69) is 4.98 Å². The van der Waals surface area contributed by atoms with Crippen molar-refractivity contribution in [2.24, 2.45) is 0 Å². The number of ether oxygens (including phenoxy) is 1. The molecule has 1 aromatic heterocycles. The molecule has 0 amide bonds. The van der Waals surface area contributed by atoms with Gasteiger partial charge in [-0.3, -0.25) is 0 Å². The van der Waals surface area contributed by atoms with Gasteiger partial charge < -0.3 is 14.3 Å². The summed E-state index contributed by atoms with van der Waals surface area (Å²) >= 11 is 0. The van der Waals surface area contributed by atoms with E-state index < -0.39 is 18.4 Å².